The van der Waals surface area contributed by atoms with Gasteiger partial charge >= 0.3 is 5.97 Å². The molecule has 2 atom stereocenters. The van der Waals surface area contributed by atoms with Gasteiger partial charge in [-0.2, -0.15) is 5.26 Å². The van der Waals surface area contributed by atoms with E-state index >= 15 is 0 Å². The summed E-state index contributed by atoms with van der Waals surface area (Å²) in [5, 5.41) is 12.0. The SMILES string of the molecule is C[C@@](C#N)(NC(=O)COC(=O)[C@]12CCC(=O)N1c1ccccc1S2)C1CC1. The molecule has 2 heterocycles. The summed E-state index contributed by atoms with van der Waals surface area (Å²) < 4.78 is 5.29. The summed E-state index contributed by atoms with van der Waals surface area (Å²) in [6.45, 7) is 1.22. The lowest BCUT2D eigenvalue weighted by Gasteiger charge is -2.29. The maximum atomic E-state index is 12.9. The molecule has 2 aliphatic heterocycles. The number of nitrogens with one attached hydrogen (secondary N) is 1. The van der Waals surface area contributed by atoms with Gasteiger partial charge in [-0.15, -0.1) is 0 Å². The number of fused-ring (bicyclic) bond motifs is 3. The minimum absolute atomic E-state index is 0.125. The van der Waals surface area contributed by atoms with E-state index in [-0.39, 0.29) is 18.2 Å². The van der Waals surface area contributed by atoms with Crippen LogP contribution in [-0.2, 0) is 19.1 Å². The van der Waals surface area contributed by atoms with Crippen molar-refractivity contribution in [2.75, 3.05) is 11.5 Å². The van der Waals surface area contributed by atoms with Crippen molar-refractivity contribution in [1.82, 2.24) is 5.32 Å². The molecule has 1 saturated carbocycles. The highest BCUT2D eigenvalue weighted by Gasteiger charge is 2.58. The van der Waals surface area contributed by atoms with Crippen molar-refractivity contribution in [3.63, 3.8) is 0 Å². The highest BCUT2D eigenvalue weighted by molar-refractivity contribution is 8.02. The summed E-state index contributed by atoms with van der Waals surface area (Å²) in [6, 6.07) is 9.48. The molecular formula is C19H19N3O4S. The standard InChI is InChI=1S/C19H19N3O4S/c1-18(11-20,12-6-7-12)21-15(23)10-26-17(25)19-9-8-16(24)22(19)13-4-2-3-5-14(13)27-19/h2-5,12H,6-10H2,1H3,(H,21,23)/t18-,19+/m0/s1. The summed E-state index contributed by atoms with van der Waals surface area (Å²) in [4.78, 5) is 38.6. The number of thioether (sulfide) groups is 1. The molecule has 1 aliphatic carbocycles. The number of para-hydroxylation sites is 1. The van der Waals surface area contributed by atoms with Crippen LogP contribution in [-0.4, -0.2) is 34.8 Å². The Morgan fingerprint density at radius 2 is 2.19 bits per heavy atom. The number of benzene rings is 1. The molecule has 140 valence electrons. The van der Waals surface area contributed by atoms with Crippen LogP contribution in [0.4, 0.5) is 5.69 Å². The van der Waals surface area contributed by atoms with E-state index in [1.807, 2.05) is 18.2 Å². The molecule has 1 aromatic carbocycles. The van der Waals surface area contributed by atoms with Gasteiger partial charge in [-0.1, -0.05) is 23.9 Å². The number of nitrogens with zero attached hydrogens (tertiary/aromatic N) is 2. The number of nitriles is 1. The zero-order valence-corrected chi connectivity index (χ0v) is 15.7. The van der Waals surface area contributed by atoms with Gasteiger partial charge in [-0.25, -0.2) is 4.79 Å². The van der Waals surface area contributed by atoms with Crippen molar-refractivity contribution in [2.45, 2.75) is 47.9 Å². The molecule has 2 fully saturated rings. The van der Waals surface area contributed by atoms with Gasteiger partial charge in [0.2, 0.25) is 5.91 Å². The number of carbonyl (C=O) groups is 3. The van der Waals surface area contributed by atoms with Gasteiger partial charge in [0.15, 0.2) is 11.5 Å². The van der Waals surface area contributed by atoms with Crippen molar-refractivity contribution in [3.05, 3.63) is 24.3 Å². The highest BCUT2D eigenvalue weighted by Crippen LogP contribution is 2.56. The molecule has 0 bridgehead atoms. The fourth-order valence-electron chi connectivity index (χ4n) is 3.72. The number of carbonyl (C=O) groups excluding carboxylic acids is 3. The van der Waals surface area contributed by atoms with E-state index in [0.29, 0.717) is 12.1 Å². The van der Waals surface area contributed by atoms with Gasteiger partial charge in [0.25, 0.3) is 5.91 Å². The van der Waals surface area contributed by atoms with Crippen molar-refractivity contribution in [2.24, 2.45) is 5.92 Å². The molecule has 2 amide bonds. The van der Waals surface area contributed by atoms with E-state index in [9.17, 15) is 19.6 Å². The second-order valence-electron chi connectivity index (χ2n) is 7.30. The molecule has 1 aromatic rings. The highest BCUT2D eigenvalue weighted by atomic mass is 32.2. The Kier molecular flexibility index (Phi) is 4.15. The lowest BCUT2D eigenvalue weighted by Crippen LogP contribution is -2.51. The summed E-state index contributed by atoms with van der Waals surface area (Å²) in [5.41, 5.74) is -0.229. The number of esters is 1. The molecule has 1 saturated heterocycles. The van der Waals surface area contributed by atoms with Gasteiger partial charge in [-0.05, 0) is 37.8 Å². The second-order valence-corrected chi connectivity index (χ2v) is 8.62. The normalized spacial score (nSPS) is 25.2. The number of rotatable bonds is 5. The zero-order chi connectivity index (χ0) is 19.2. The van der Waals surface area contributed by atoms with E-state index in [1.165, 1.54) is 16.7 Å². The quantitative estimate of drug-likeness (QED) is 0.778. The minimum atomic E-state index is -1.14. The van der Waals surface area contributed by atoms with Crippen LogP contribution in [0, 0.1) is 17.2 Å². The van der Waals surface area contributed by atoms with Gasteiger partial charge in [-0.3, -0.25) is 14.5 Å². The fraction of sp³-hybridized carbons (Fsp3) is 0.474. The smallest absolute Gasteiger partial charge is 0.344 e. The molecule has 0 aromatic heterocycles. The number of anilines is 1. The summed E-state index contributed by atoms with van der Waals surface area (Å²) in [7, 11) is 0. The number of ether oxygens (including phenoxy) is 1. The third-order valence-corrected chi connectivity index (χ3v) is 6.81. The van der Waals surface area contributed by atoms with Crippen molar-refractivity contribution < 1.29 is 19.1 Å². The molecule has 1 N–H and O–H groups in total. The maximum absolute atomic E-state index is 12.9. The number of amides is 2. The second kappa shape index (κ2) is 6.27. The van der Waals surface area contributed by atoms with Crippen LogP contribution in [0.25, 0.3) is 0 Å². The Labute approximate surface area is 161 Å². The average molecular weight is 385 g/mol. The Morgan fingerprint density at radius 3 is 2.89 bits per heavy atom. The van der Waals surface area contributed by atoms with Crippen LogP contribution in [0.15, 0.2) is 29.2 Å². The number of hydrogen-bond donors (Lipinski definition) is 1. The molecule has 27 heavy (non-hydrogen) atoms. The molecule has 4 rings (SSSR count). The first kappa shape index (κ1) is 17.9. The Hall–Kier alpha value is -2.53. The molecule has 3 aliphatic rings. The van der Waals surface area contributed by atoms with Crippen molar-refractivity contribution in [3.8, 4) is 6.07 Å². The fourth-order valence-corrected chi connectivity index (χ4v) is 5.14. The summed E-state index contributed by atoms with van der Waals surface area (Å²) in [5.74, 6) is -1.09. The van der Waals surface area contributed by atoms with Crippen molar-refractivity contribution >= 4 is 35.2 Å². The minimum Gasteiger partial charge on any atom is -0.453 e. The van der Waals surface area contributed by atoms with Gasteiger partial charge in [0.1, 0.15) is 5.54 Å². The van der Waals surface area contributed by atoms with E-state index < -0.39 is 28.9 Å². The first-order valence-electron chi connectivity index (χ1n) is 8.90. The lowest BCUT2D eigenvalue weighted by molar-refractivity contribution is -0.151. The Morgan fingerprint density at radius 1 is 1.44 bits per heavy atom. The van der Waals surface area contributed by atoms with Gasteiger partial charge in [0.05, 0.1) is 11.8 Å². The molecule has 7 nitrogen and oxygen atoms in total. The molecule has 0 spiro atoms. The average Bonchev–Trinajstić information content (AvgIpc) is 3.39. The van der Waals surface area contributed by atoms with Crippen LogP contribution in [0.5, 0.6) is 0 Å². The largest absolute Gasteiger partial charge is 0.453 e. The third kappa shape index (κ3) is 2.86. The van der Waals surface area contributed by atoms with E-state index in [4.69, 9.17) is 4.74 Å². The summed E-state index contributed by atoms with van der Waals surface area (Å²) >= 11 is 1.30. The van der Waals surface area contributed by atoms with Crippen LogP contribution in [0.1, 0.15) is 32.6 Å². The van der Waals surface area contributed by atoms with Crippen LogP contribution in [0.2, 0.25) is 0 Å². The summed E-state index contributed by atoms with van der Waals surface area (Å²) in [6.07, 6.45) is 2.40. The Bertz CT molecular complexity index is 878. The first-order valence-corrected chi connectivity index (χ1v) is 9.72. The zero-order valence-electron chi connectivity index (χ0n) is 14.9. The first-order chi connectivity index (χ1) is 12.9. The molecule has 0 unspecified atom stereocenters. The number of hydrogen-bond acceptors (Lipinski definition) is 6. The molecular weight excluding hydrogens is 366 g/mol. The molecule has 8 heteroatoms. The van der Waals surface area contributed by atoms with Crippen LogP contribution < -0.4 is 10.2 Å². The predicted molar refractivity (Wildman–Crippen MR) is 97.6 cm³/mol. The van der Waals surface area contributed by atoms with E-state index in [0.717, 1.165) is 17.7 Å². The lowest BCUT2D eigenvalue weighted by atomic mass is 9.98. The predicted octanol–water partition coefficient (Wildman–Crippen LogP) is 1.97. The maximum Gasteiger partial charge on any atom is 0.344 e. The third-order valence-electron chi connectivity index (χ3n) is 5.35. The van der Waals surface area contributed by atoms with Gasteiger partial charge < -0.3 is 10.1 Å². The van der Waals surface area contributed by atoms with Crippen LogP contribution in [0.3, 0.4) is 0 Å². The monoisotopic (exact) mass is 385 g/mol. The van der Waals surface area contributed by atoms with Gasteiger partial charge in [0, 0.05) is 17.7 Å². The molecule has 0 radical (unpaired) electrons. The van der Waals surface area contributed by atoms with Crippen molar-refractivity contribution in [1.29, 1.82) is 5.26 Å². The topological polar surface area (TPSA) is 99.5 Å². The Balaban J connectivity index is 1.45. The van der Waals surface area contributed by atoms with E-state index in [2.05, 4.69) is 11.4 Å². The van der Waals surface area contributed by atoms with Crippen LogP contribution >= 0.6 is 11.8 Å². The van der Waals surface area contributed by atoms with E-state index in [1.54, 1.807) is 13.0 Å².